The van der Waals surface area contributed by atoms with Gasteiger partial charge in [0, 0.05) is 25.2 Å². The second-order valence-electron chi connectivity index (χ2n) is 7.94. The molecule has 0 spiro atoms. The van der Waals surface area contributed by atoms with Crippen LogP contribution in [0.25, 0.3) is 10.9 Å². The maximum Gasteiger partial charge on any atom is 0.346 e. The zero-order valence-corrected chi connectivity index (χ0v) is 18.4. The minimum Gasteiger partial charge on any atom is -0.273 e. The summed E-state index contributed by atoms with van der Waals surface area (Å²) in [5.74, 6) is 0.468. The van der Waals surface area contributed by atoms with Crippen molar-refractivity contribution < 1.29 is 8.42 Å². The van der Waals surface area contributed by atoms with Crippen LogP contribution in [0.15, 0.2) is 76.6 Å². The van der Waals surface area contributed by atoms with E-state index in [1.807, 2.05) is 42.5 Å². The second kappa shape index (κ2) is 7.99. The molecule has 0 aliphatic carbocycles. The van der Waals surface area contributed by atoms with Gasteiger partial charge in [-0.05, 0) is 30.5 Å². The number of rotatable bonds is 5. The predicted molar refractivity (Wildman–Crippen MR) is 121 cm³/mol. The molecule has 1 fully saturated rings. The summed E-state index contributed by atoms with van der Waals surface area (Å²) in [6.45, 7) is 0.704. The lowest BCUT2D eigenvalue weighted by molar-refractivity contribution is 0.373. The summed E-state index contributed by atoms with van der Waals surface area (Å²) < 4.78 is 31.8. The van der Waals surface area contributed by atoms with E-state index in [1.54, 1.807) is 36.0 Å². The van der Waals surface area contributed by atoms with Gasteiger partial charge in [0.1, 0.15) is 4.90 Å². The van der Waals surface area contributed by atoms with Crippen molar-refractivity contribution in [2.24, 2.45) is 7.05 Å². The molecule has 0 radical (unpaired) electrons. The average Bonchev–Trinajstić information content (AvgIpc) is 3.41. The van der Waals surface area contributed by atoms with E-state index in [0.29, 0.717) is 37.3 Å². The summed E-state index contributed by atoms with van der Waals surface area (Å²) in [5, 5.41) is 5.22. The monoisotopic (exact) mass is 449 g/mol. The molecule has 1 saturated heterocycles. The van der Waals surface area contributed by atoms with Gasteiger partial charge < -0.3 is 0 Å². The van der Waals surface area contributed by atoms with Crippen LogP contribution in [-0.4, -0.2) is 38.6 Å². The van der Waals surface area contributed by atoms with E-state index in [0.717, 1.165) is 10.9 Å². The quantitative estimate of drug-likeness (QED) is 0.467. The lowest BCUT2D eigenvalue weighted by atomic mass is 10.2. The molecular weight excluding hydrogens is 426 g/mol. The zero-order valence-electron chi connectivity index (χ0n) is 17.6. The van der Waals surface area contributed by atoms with Gasteiger partial charge in [-0.2, -0.15) is 9.40 Å². The topological polar surface area (TPSA) is 90.1 Å². The van der Waals surface area contributed by atoms with Gasteiger partial charge in [0.05, 0.1) is 18.1 Å². The van der Waals surface area contributed by atoms with Crippen molar-refractivity contribution in [3.05, 3.63) is 88.7 Å². The Kier molecular flexibility index (Phi) is 5.15. The van der Waals surface area contributed by atoms with Crippen LogP contribution >= 0.6 is 0 Å². The van der Waals surface area contributed by atoms with Gasteiger partial charge in [0.25, 0.3) is 0 Å². The van der Waals surface area contributed by atoms with Crippen LogP contribution in [0.4, 0.5) is 0 Å². The summed E-state index contributed by atoms with van der Waals surface area (Å²) in [4.78, 5) is 17.3. The fraction of sp³-hybridized carbons (Fsp3) is 0.261. The van der Waals surface area contributed by atoms with Crippen molar-refractivity contribution in [1.82, 2.24) is 23.6 Å². The SMILES string of the molecule is Cn1nc(C2CCCN2S(=O)(=O)c2cccc3cccnc23)n(Cc2ccccc2)c1=O. The number of aromatic nitrogens is 4. The Hall–Kier alpha value is -3.30. The molecule has 2 aromatic carbocycles. The molecular formula is C23H23N5O3S. The van der Waals surface area contributed by atoms with E-state index < -0.39 is 16.1 Å². The summed E-state index contributed by atoms with van der Waals surface area (Å²) in [6, 6.07) is 17.9. The first-order chi connectivity index (χ1) is 15.5. The van der Waals surface area contributed by atoms with Gasteiger partial charge in [-0.3, -0.25) is 9.55 Å². The van der Waals surface area contributed by atoms with E-state index in [-0.39, 0.29) is 10.6 Å². The number of fused-ring (bicyclic) bond motifs is 1. The molecule has 2 aromatic heterocycles. The van der Waals surface area contributed by atoms with Crippen LogP contribution < -0.4 is 5.69 Å². The fourth-order valence-electron chi connectivity index (χ4n) is 4.38. The highest BCUT2D eigenvalue weighted by atomic mass is 32.2. The van der Waals surface area contributed by atoms with Crippen LogP contribution in [0.1, 0.15) is 30.3 Å². The van der Waals surface area contributed by atoms with Gasteiger partial charge in [-0.15, -0.1) is 0 Å². The number of para-hydroxylation sites is 1. The summed E-state index contributed by atoms with van der Waals surface area (Å²) in [5.41, 5.74) is 1.14. The first kappa shape index (κ1) is 20.6. The van der Waals surface area contributed by atoms with Crippen LogP contribution in [-0.2, 0) is 23.6 Å². The molecule has 0 N–H and O–H groups in total. The normalized spacial score (nSPS) is 17.2. The maximum atomic E-state index is 13.8. The molecule has 0 saturated carbocycles. The highest BCUT2D eigenvalue weighted by molar-refractivity contribution is 7.89. The fourth-order valence-corrected chi connectivity index (χ4v) is 6.20. The largest absolute Gasteiger partial charge is 0.346 e. The van der Waals surface area contributed by atoms with Gasteiger partial charge in [-0.25, -0.2) is 17.9 Å². The van der Waals surface area contributed by atoms with Crippen molar-refractivity contribution in [2.45, 2.75) is 30.3 Å². The highest BCUT2D eigenvalue weighted by Gasteiger charge is 2.40. The first-order valence-electron chi connectivity index (χ1n) is 10.5. The molecule has 0 amide bonds. The van der Waals surface area contributed by atoms with Crippen molar-refractivity contribution in [3.8, 4) is 0 Å². The average molecular weight is 450 g/mol. The van der Waals surface area contributed by atoms with Crippen molar-refractivity contribution in [3.63, 3.8) is 0 Å². The van der Waals surface area contributed by atoms with Crippen LogP contribution in [0.2, 0.25) is 0 Å². The smallest absolute Gasteiger partial charge is 0.273 e. The van der Waals surface area contributed by atoms with E-state index in [4.69, 9.17) is 0 Å². The summed E-state index contributed by atoms with van der Waals surface area (Å²) in [6.07, 6.45) is 2.89. The lowest BCUT2D eigenvalue weighted by Crippen LogP contribution is -2.33. The van der Waals surface area contributed by atoms with Gasteiger partial charge in [-0.1, -0.05) is 48.5 Å². The Bertz CT molecular complexity index is 1440. The Labute approximate surface area is 185 Å². The number of aryl methyl sites for hydroxylation is 1. The number of benzene rings is 2. The van der Waals surface area contributed by atoms with E-state index in [9.17, 15) is 13.2 Å². The number of hydrogen-bond donors (Lipinski definition) is 0. The number of nitrogens with zero attached hydrogens (tertiary/aromatic N) is 5. The molecule has 1 atom stereocenters. The molecule has 3 heterocycles. The molecule has 1 aliphatic rings. The van der Waals surface area contributed by atoms with Crippen molar-refractivity contribution in [1.29, 1.82) is 0 Å². The molecule has 1 unspecified atom stereocenters. The number of pyridine rings is 1. The molecule has 4 aromatic rings. The second-order valence-corrected chi connectivity index (χ2v) is 9.80. The Morgan fingerprint density at radius 1 is 1.03 bits per heavy atom. The summed E-state index contributed by atoms with van der Waals surface area (Å²) in [7, 11) is -2.26. The van der Waals surface area contributed by atoms with E-state index in [1.165, 1.54) is 8.99 Å². The van der Waals surface area contributed by atoms with Gasteiger partial charge >= 0.3 is 5.69 Å². The molecule has 164 valence electrons. The van der Waals surface area contributed by atoms with E-state index in [2.05, 4.69) is 10.1 Å². The number of hydrogen-bond acceptors (Lipinski definition) is 5. The Morgan fingerprint density at radius 2 is 1.81 bits per heavy atom. The molecule has 9 heteroatoms. The minimum atomic E-state index is -3.85. The predicted octanol–water partition coefficient (Wildman–Crippen LogP) is 2.70. The third-order valence-corrected chi connectivity index (χ3v) is 7.84. The molecule has 32 heavy (non-hydrogen) atoms. The standard InChI is InChI=1S/C23H23N5O3S/c1-26-23(29)27(16-17-8-3-2-4-9-17)22(25-26)19-12-7-15-28(19)32(30,31)20-13-5-10-18-11-6-14-24-21(18)20/h2-6,8-11,13-14,19H,7,12,15-16H2,1H3. The zero-order chi connectivity index (χ0) is 22.3. The first-order valence-corrected chi connectivity index (χ1v) is 11.9. The molecule has 8 nitrogen and oxygen atoms in total. The molecule has 5 rings (SSSR count). The minimum absolute atomic E-state index is 0.176. The number of sulfonamides is 1. The van der Waals surface area contributed by atoms with Crippen LogP contribution in [0, 0.1) is 0 Å². The molecule has 1 aliphatic heterocycles. The van der Waals surface area contributed by atoms with Crippen molar-refractivity contribution in [2.75, 3.05) is 6.54 Å². The summed E-state index contributed by atoms with van der Waals surface area (Å²) >= 11 is 0. The lowest BCUT2D eigenvalue weighted by Gasteiger charge is -2.24. The third kappa shape index (κ3) is 3.43. The van der Waals surface area contributed by atoms with Crippen molar-refractivity contribution >= 4 is 20.9 Å². The van der Waals surface area contributed by atoms with Gasteiger partial charge in [0.2, 0.25) is 10.0 Å². The van der Waals surface area contributed by atoms with Crippen LogP contribution in [0.3, 0.4) is 0 Å². The maximum absolute atomic E-state index is 13.8. The third-order valence-electron chi connectivity index (χ3n) is 5.90. The van der Waals surface area contributed by atoms with Gasteiger partial charge in [0.15, 0.2) is 5.82 Å². The Balaban J connectivity index is 1.59. The Morgan fingerprint density at radius 3 is 2.62 bits per heavy atom. The highest BCUT2D eigenvalue weighted by Crippen LogP contribution is 2.37. The van der Waals surface area contributed by atoms with E-state index >= 15 is 0 Å². The van der Waals surface area contributed by atoms with Crippen LogP contribution in [0.5, 0.6) is 0 Å². The molecule has 0 bridgehead atoms.